The number of anilines is 1. The Kier molecular flexibility index (Phi) is 5.94. The van der Waals surface area contributed by atoms with E-state index in [1.165, 1.54) is 12.8 Å². The largest absolute Gasteiger partial charge is 0.353 e. The van der Waals surface area contributed by atoms with Crippen LogP contribution in [0.3, 0.4) is 0 Å². The molecule has 5 heteroatoms. The summed E-state index contributed by atoms with van der Waals surface area (Å²) in [7, 11) is 4.06. The molecule has 0 aromatic carbocycles. The van der Waals surface area contributed by atoms with E-state index in [2.05, 4.69) is 27.0 Å². The molecule has 1 aliphatic rings. The predicted molar refractivity (Wildman–Crippen MR) is 85.1 cm³/mol. The minimum absolute atomic E-state index is 0.169. The van der Waals surface area contributed by atoms with Gasteiger partial charge in [0.2, 0.25) is 0 Å². The van der Waals surface area contributed by atoms with Gasteiger partial charge in [-0.25, -0.2) is 9.37 Å². The van der Waals surface area contributed by atoms with Gasteiger partial charge in [-0.2, -0.15) is 0 Å². The van der Waals surface area contributed by atoms with E-state index in [9.17, 15) is 4.39 Å². The second-order valence-corrected chi connectivity index (χ2v) is 6.05. The maximum atomic E-state index is 14.7. The van der Waals surface area contributed by atoms with Crippen LogP contribution in [-0.4, -0.2) is 49.7 Å². The third-order valence-electron chi connectivity index (χ3n) is 3.72. The number of aromatic nitrogens is 1. The highest BCUT2D eigenvalue weighted by molar-refractivity contribution is 5.43. The smallest absolute Gasteiger partial charge is 0.170 e. The lowest BCUT2D eigenvalue weighted by molar-refractivity contribution is 0.411. The predicted octanol–water partition coefficient (Wildman–Crippen LogP) is 2.25. The quantitative estimate of drug-likeness (QED) is 0.757. The molecule has 1 saturated carbocycles. The van der Waals surface area contributed by atoms with Crippen molar-refractivity contribution >= 4 is 5.82 Å². The average Bonchev–Trinajstić information content (AvgIpc) is 3.27. The van der Waals surface area contributed by atoms with Crippen LogP contribution in [0.25, 0.3) is 0 Å². The van der Waals surface area contributed by atoms with Crippen LogP contribution >= 0.6 is 0 Å². The number of likely N-dealkylation sites (N-methyl/N-ethyl adjacent to an activating group) is 1. The molecule has 0 saturated heterocycles. The van der Waals surface area contributed by atoms with Gasteiger partial charge in [-0.05, 0) is 39.4 Å². The highest BCUT2D eigenvalue weighted by Gasteiger charge is 2.22. The summed E-state index contributed by atoms with van der Waals surface area (Å²) in [5, 5.41) is 3.37. The number of hydrogen-bond donors (Lipinski definition) is 1. The Morgan fingerprint density at radius 2 is 2.05 bits per heavy atom. The zero-order valence-corrected chi connectivity index (χ0v) is 13.4. The molecule has 0 bridgehead atoms. The second-order valence-electron chi connectivity index (χ2n) is 6.05. The summed E-state index contributed by atoms with van der Waals surface area (Å²) in [5.41, 5.74) is 0.720. The van der Waals surface area contributed by atoms with Crippen LogP contribution in [0.15, 0.2) is 12.3 Å². The SMILES string of the molecule is CCCN(CCN(C)C)c1nccc(CNC2CC2)c1F. The van der Waals surface area contributed by atoms with E-state index in [1.807, 2.05) is 14.1 Å². The van der Waals surface area contributed by atoms with Crippen molar-refractivity contribution < 1.29 is 4.39 Å². The maximum Gasteiger partial charge on any atom is 0.170 e. The molecule has 21 heavy (non-hydrogen) atoms. The molecule has 4 nitrogen and oxygen atoms in total. The van der Waals surface area contributed by atoms with Crippen LogP contribution in [0.1, 0.15) is 31.7 Å². The normalized spacial score (nSPS) is 14.7. The van der Waals surface area contributed by atoms with Crippen LogP contribution in [0.2, 0.25) is 0 Å². The molecule has 0 atom stereocenters. The van der Waals surface area contributed by atoms with Gasteiger partial charge in [-0.15, -0.1) is 0 Å². The molecule has 0 aliphatic heterocycles. The summed E-state index contributed by atoms with van der Waals surface area (Å²) >= 11 is 0. The molecule has 1 aromatic heterocycles. The third-order valence-corrected chi connectivity index (χ3v) is 3.72. The van der Waals surface area contributed by atoms with E-state index < -0.39 is 0 Å². The summed E-state index contributed by atoms with van der Waals surface area (Å²) in [4.78, 5) is 8.44. The molecule has 1 aliphatic carbocycles. The van der Waals surface area contributed by atoms with E-state index in [1.54, 1.807) is 12.3 Å². The van der Waals surface area contributed by atoms with Crippen LogP contribution in [0.5, 0.6) is 0 Å². The van der Waals surface area contributed by atoms with Crippen molar-refractivity contribution in [2.45, 2.75) is 38.8 Å². The van der Waals surface area contributed by atoms with Gasteiger partial charge >= 0.3 is 0 Å². The fourth-order valence-corrected chi connectivity index (χ4v) is 2.28. The Labute approximate surface area is 127 Å². The first-order valence-electron chi connectivity index (χ1n) is 7.88. The minimum atomic E-state index is -0.169. The zero-order chi connectivity index (χ0) is 15.2. The fourth-order valence-electron chi connectivity index (χ4n) is 2.28. The van der Waals surface area contributed by atoms with Crippen molar-refractivity contribution in [3.63, 3.8) is 0 Å². The van der Waals surface area contributed by atoms with Gasteiger partial charge in [0, 0.05) is 44.0 Å². The van der Waals surface area contributed by atoms with Crippen LogP contribution in [0, 0.1) is 5.82 Å². The van der Waals surface area contributed by atoms with E-state index >= 15 is 0 Å². The minimum Gasteiger partial charge on any atom is -0.353 e. The first-order chi connectivity index (χ1) is 10.1. The lowest BCUT2D eigenvalue weighted by Crippen LogP contribution is -2.34. The number of nitrogens with one attached hydrogen (secondary N) is 1. The van der Waals surface area contributed by atoms with E-state index in [0.29, 0.717) is 18.4 Å². The summed E-state index contributed by atoms with van der Waals surface area (Å²) in [6.45, 7) is 5.23. The van der Waals surface area contributed by atoms with E-state index in [-0.39, 0.29) is 5.82 Å². The molecule has 0 radical (unpaired) electrons. The molecule has 1 heterocycles. The first kappa shape index (κ1) is 16.2. The molecule has 1 N–H and O–H groups in total. The van der Waals surface area contributed by atoms with Crippen LogP contribution in [0.4, 0.5) is 10.2 Å². The van der Waals surface area contributed by atoms with Gasteiger partial charge < -0.3 is 15.1 Å². The average molecular weight is 294 g/mol. The van der Waals surface area contributed by atoms with Gasteiger partial charge in [0.25, 0.3) is 0 Å². The van der Waals surface area contributed by atoms with E-state index in [4.69, 9.17) is 0 Å². The highest BCUT2D eigenvalue weighted by Crippen LogP contribution is 2.22. The summed E-state index contributed by atoms with van der Waals surface area (Å²) < 4.78 is 14.7. The summed E-state index contributed by atoms with van der Waals surface area (Å²) in [6.07, 6.45) is 5.13. The Balaban J connectivity index is 2.08. The van der Waals surface area contributed by atoms with Crippen LogP contribution < -0.4 is 10.2 Å². The molecule has 2 rings (SSSR count). The second kappa shape index (κ2) is 7.71. The monoisotopic (exact) mass is 294 g/mol. The molecule has 0 amide bonds. The Hall–Kier alpha value is -1.20. The van der Waals surface area contributed by atoms with Crippen molar-refractivity contribution in [1.29, 1.82) is 0 Å². The first-order valence-corrected chi connectivity index (χ1v) is 7.88. The van der Waals surface area contributed by atoms with Gasteiger partial charge in [0.05, 0.1) is 0 Å². The molecule has 1 aromatic rings. The van der Waals surface area contributed by atoms with Crippen molar-refractivity contribution in [3.8, 4) is 0 Å². The number of nitrogens with zero attached hydrogens (tertiary/aromatic N) is 3. The van der Waals surface area contributed by atoms with Gasteiger partial charge in [0.1, 0.15) is 0 Å². The van der Waals surface area contributed by atoms with Gasteiger partial charge in [0.15, 0.2) is 11.6 Å². The van der Waals surface area contributed by atoms with E-state index in [0.717, 1.165) is 31.6 Å². The number of rotatable bonds is 9. The van der Waals surface area contributed by atoms with Crippen LogP contribution in [-0.2, 0) is 6.54 Å². The fraction of sp³-hybridized carbons (Fsp3) is 0.688. The molecule has 0 unspecified atom stereocenters. The molecular weight excluding hydrogens is 267 g/mol. The van der Waals surface area contributed by atoms with Crippen molar-refractivity contribution in [2.24, 2.45) is 0 Å². The third kappa shape index (κ3) is 4.93. The Morgan fingerprint density at radius 1 is 1.29 bits per heavy atom. The maximum absolute atomic E-state index is 14.7. The summed E-state index contributed by atoms with van der Waals surface area (Å²) in [6, 6.07) is 2.37. The Bertz CT molecular complexity index is 446. The lowest BCUT2D eigenvalue weighted by atomic mass is 10.2. The summed E-state index contributed by atoms with van der Waals surface area (Å²) in [5.74, 6) is 0.326. The topological polar surface area (TPSA) is 31.4 Å². The Morgan fingerprint density at radius 3 is 2.67 bits per heavy atom. The van der Waals surface area contributed by atoms with Crippen molar-refractivity contribution in [1.82, 2.24) is 15.2 Å². The van der Waals surface area contributed by atoms with Crippen molar-refractivity contribution in [2.75, 3.05) is 38.6 Å². The molecule has 0 spiro atoms. The number of hydrogen-bond acceptors (Lipinski definition) is 4. The standard InChI is InChI=1S/C16H27FN4/c1-4-9-21(11-10-20(2)3)16-15(17)13(7-8-18-16)12-19-14-5-6-14/h7-8,14,19H,4-6,9-12H2,1-3H3. The molecule has 1 fully saturated rings. The number of halogens is 1. The number of pyridine rings is 1. The molecule has 118 valence electrons. The lowest BCUT2D eigenvalue weighted by Gasteiger charge is -2.25. The highest BCUT2D eigenvalue weighted by atomic mass is 19.1. The zero-order valence-electron chi connectivity index (χ0n) is 13.4. The van der Waals surface area contributed by atoms with Gasteiger partial charge in [-0.1, -0.05) is 6.92 Å². The molecular formula is C16H27FN4. The van der Waals surface area contributed by atoms with Crippen molar-refractivity contribution in [3.05, 3.63) is 23.6 Å². The van der Waals surface area contributed by atoms with Gasteiger partial charge in [-0.3, -0.25) is 0 Å².